The molecule has 0 atom stereocenters. The van der Waals surface area contributed by atoms with E-state index < -0.39 is 15.9 Å². The monoisotopic (exact) mass is 412 g/mol. The van der Waals surface area contributed by atoms with Crippen LogP contribution < -0.4 is 16.2 Å². The molecule has 1 amide bonds. The van der Waals surface area contributed by atoms with Crippen molar-refractivity contribution in [2.75, 3.05) is 19.4 Å². The fraction of sp³-hybridized carbons (Fsp3) is 0.125. The molecule has 2 aromatic carbocycles. The van der Waals surface area contributed by atoms with Gasteiger partial charge < -0.3 is 5.32 Å². The molecule has 0 aromatic heterocycles. The number of rotatable bonds is 4. The molecular weight excluding hydrogens is 396 g/mol. The highest BCUT2D eigenvalue weighted by Crippen LogP contribution is 2.14. The first-order chi connectivity index (χ1) is 12.2. The van der Waals surface area contributed by atoms with Gasteiger partial charge in [-0.2, -0.15) is 0 Å². The quantitative estimate of drug-likeness (QED) is 0.527. The van der Waals surface area contributed by atoms with Gasteiger partial charge in [-0.3, -0.25) is 15.6 Å². The summed E-state index contributed by atoms with van der Waals surface area (Å²) >= 11 is 10.9. The Morgan fingerprint density at radius 1 is 1.00 bits per heavy atom. The van der Waals surface area contributed by atoms with Gasteiger partial charge in [-0.05, 0) is 60.7 Å². The molecule has 0 fully saturated rings. The van der Waals surface area contributed by atoms with E-state index in [2.05, 4.69) is 16.2 Å². The number of nitrogens with zero attached hydrogens (tertiary/aromatic N) is 1. The van der Waals surface area contributed by atoms with Crippen LogP contribution in [0.15, 0.2) is 53.4 Å². The highest BCUT2D eigenvalue weighted by molar-refractivity contribution is 7.89. The molecule has 0 unspecified atom stereocenters. The fourth-order valence-corrected chi connectivity index (χ4v) is 3.07. The van der Waals surface area contributed by atoms with Crippen LogP contribution in [-0.4, -0.2) is 37.8 Å². The molecule has 2 aromatic rings. The van der Waals surface area contributed by atoms with E-state index in [1.165, 1.54) is 38.4 Å². The highest BCUT2D eigenvalue weighted by Gasteiger charge is 2.17. The number of hydrogen-bond acceptors (Lipinski definition) is 4. The van der Waals surface area contributed by atoms with Crippen LogP contribution in [0.3, 0.4) is 0 Å². The third-order valence-electron chi connectivity index (χ3n) is 3.29. The average Bonchev–Trinajstić information content (AvgIpc) is 2.61. The van der Waals surface area contributed by atoms with Crippen LogP contribution in [-0.2, 0) is 10.0 Å². The molecule has 0 saturated carbocycles. The molecule has 0 heterocycles. The first kappa shape index (κ1) is 20.1. The number of sulfonamides is 1. The lowest BCUT2D eigenvalue weighted by atomic mass is 10.2. The van der Waals surface area contributed by atoms with E-state index in [4.69, 9.17) is 23.8 Å². The van der Waals surface area contributed by atoms with Crippen molar-refractivity contribution in [2.24, 2.45) is 0 Å². The smallest absolute Gasteiger partial charge is 0.269 e. The Kier molecular flexibility index (Phi) is 6.54. The number of halogens is 1. The van der Waals surface area contributed by atoms with Crippen molar-refractivity contribution in [3.05, 3.63) is 59.1 Å². The molecule has 0 aliphatic carbocycles. The Labute approximate surface area is 162 Å². The lowest BCUT2D eigenvalue weighted by Crippen LogP contribution is -2.43. The standard InChI is InChI=1S/C16H17ClN4O3S2/c1-21(2)26(23,24)14-9-3-11(4-10-14)15(22)19-20-16(25)18-13-7-5-12(17)6-8-13/h3-10H,1-2H3,(H,19,22)(H2,18,20,25). The van der Waals surface area contributed by atoms with Gasteiger partial charge in [0.25, 0.3) is 5.91 Å². The summed E-state index contributed by atoms with van der Waals surface area (Å²) < 4.78 is 25.1. The van der Waals surface area contributed by atoms with E-state index in [-0.39, 0.29) is 15.6 Å². The first-order valence-electron chi connectivity index (χ1n) is 7.35. The SMILES string of the molecule is CN(C)S(=O)(=O)c1ccc(C(=O)NNC(=S)Nc2ccc(Cl)cc2)cc1. The number of thiocarbonyl (C=S) groups is 1. The summed E-state index contributed by atoms with van der Waals surface area (Å²) in [5.41, 5.74) is 5.99. The van der Waals surface area contributed by atoms with Gasteiger partial charge in [0.15, 0.2) is 5.11 Å². The summed E-state index contributed by atoms with van der Waals surface area (Å²) in [5, 5.41) is 3.67. The van der Waals surface area contributed by atoms with Gasteiger partial charge in [-0.15, -0.1) is 0 Å². The van der Waals surface area contributed by atoms with Gasteiger partial charge in [0.2, 0.25) is 10.0 Å². The number of nitrogens with one attached hydrogen (secondary N) is 3. The third kappa shape index (κ3) is 5.15. The molecule has 0 aliphatic heterocycles. The van der Waals surface area contributed by atoms with Crippen molar-refractivity contribution in [1.29, 1.82) is 0 Å². The van der Waals surface area contributed by atoms with E-state index in [0.717, 1.165) is 4.31 Å². The highest BCUT2D eigenvalue weighted by atomic mass is 35.5. The summed E-state index contributed by atoms with van der Waals surface area (Å²) in [5.74, 6) is -0.459. The summed E-state index contributed by atoms with van der Waals surface area (Å²) in [6.45, 7) is 0. The van der Waals surface area contributed by atoms with Crippen molar-refractivity contribution in [1.82, 2.24) is 15.2 Å². The van der Waals surface area contributed by atoms with Gasteiger partial charge in [0.1, 0.15) is 0 Å². The Bertz CT molecular complexity index is 898. The maximum Gasteiger partial charge on any atom is 0.269 e. The zero-order valence-corrected chi connectivity index (χ0v) is 16.4. The van der Waals surface area contributed by atoms with Crippen LogP contribution in [0.2, 0.25) is 5.02 Å². The van der Waals surface area contributed by atoms with Crippen LogP contribution in [0.4, 0.5) is 5.69 Å². The van der Waals surface area contributed by atoms with Crippen LogP contribution in [0.25, 0.3) is 0 Å². The van der Waals surface area contributed by atoms with Crippen molar-refractivity contribution < 1.29 is 13.2 Å². The maximum atomic E-state index is 12.1. The summed E-state index contributed by atoms with van der Waals surface area (Å²) in [6, 6.07) is 12.5. The predicted molar refractivity (Wildman–Crippen MR) is 106 cm³/mol. The molecule has 26 heavy (non-hydrogen) atoms. The topological polar surface area (TPSA) is 90.5 Å². The molecule has 0 bridgehead atoms. The number of hydrazine groups is 1. The Balaban J connectivity index is 1.93. The van der Waals surface area contributed by atoms with E-state index in [0.29, 0.717) is 10.7 Å². The van der Waals surface area contributed by atoms with Crippen molar-refractivity contribution >= 4 is 50.5 Å². The summed E-state index contributed by atoms with van der Waals surface area (Å²) in [6.07, 6.45) is 0. The van der Waals surface area contributed by atoms with E-state index in [1.54, 1.807) is 24.3 Å². The number of carbonyl (C=O) groups excluding carboxylic acids is 1. The first-order valence-corrected chi connectivity index (χ1v) is 9.58. The van der Waals surface area contributed by atoms with E-state index >= 15 is 0 Å². The van der Waals surface area contributed by atoms with Crippen molar-refractivity contribution in [3.8, 4) is 0 Å². The van der Waals surface area contributed by atoms with Crippen molar-refractivity contribution in [3.63, 3.8) is 0 Å². The third-order valence-corrected chi connectivity index (χ3v) is 5.57. The second kappa shape index (κ2) is 8.45. The molecule has 10 heteroatoms. The largest absolute Gasteiger partial charge is 0.331 e. The normalized spacial score (nSPS) is 11.1. The minimum Gasteiger partial charge on any atom is -0.331 e. The number of carbonyl (C=O) groups is 1. The lowest BCUT2D eigenvalue weighted by molar-refractivity contribution is 0.0944. The second-order valence-corrected chi connectivity index (χ2v) is 8.35. The van der Waals surface area contributed by atoms with Gasteiger partial charge in [-0.1, -0.05) is 11.6 Å². The van der Waals surface area contributed by atoms with E-state index in [1.807, 2.05) is 0 Å². The Morgan fingerprint density at radius 2 is 1.58 bits per heavy atom. The number of benzene rings is 2. The number of anilines is 1. The minimum atomic E-state index is -3.54. The molecule has 0 saturated heterocycles. The van der Waals surface area contributed by atoms with Gasteiger partial charge in [0, 0.05) is 30.4 Å². The number of hydrogen-bond donors (Lipinski definition) is 3. The van der Waals surface area contributed by atoms with Crippen LogP contribution in [0.5, 0.6) is 0 Å². The van der Waals surface area contributed by atoms with Crippen molar-refractivity contribution in [2.45, 2.75) is 4.90 Å². The van der Waals surface area contributed by atoms with Crippen LogP contribution in [0.1, 0.15) is 10.4 Å². The van der Waals surface area contributed by atoms with Gasteiger partial charge in [0.05, 0.1) is 4.90 Å². The fourth-order valence-electron chi connectivity index (χ4n) is 1.87. The van der Waals surface area contributed by atoms with E-state index in [9.17, 15) is 13.2 Å². The molecule has 7 nitrogen and oxygen atoms in total. The predicted octanol–water partition coefficient (Wildman–Crippen LogP) is 2.22. The number of amides is 1. The van der Waals surface area contributed by atoms with Gasteiger partial charge in [-0.25, -0.2) is 12.7 Å². The molecule has 138 valence electrons. The summed E-state index contributed by atoms with van der Waals surface area (Å²) in [4.78, 5) is 12.2. The zero-order chi connectivity index (χ0) is 19.3. The molecule has 0 aliphatic rings. The molecule has 0 radical (unpaired) electrons. The lowest BCUT2D eigenvalue weighted by Gasteiger charge is -2.13. The second-order valence-electron chi connectivity index (χ2n) is 5.35. The molecular formula is C16H17ClN4O3S2. The molecule has 2 rings (SSSR count). The Morgan fingerprint density at radius 3 is 2.12 bits per heavy atom. The van der Waals surface area contributed by atoms with Crippen LogP contribution in [0, 0.1) is 0 Å². The average molecular weight is 413 g/mol. The molecule has 3 N–H and O–H groups in total. The zero-order valence-electron chi connectivity index (χ0n) is 14.0. The van der Waals surface area contributed by atoms with Gasteiger partial charge >= 0.3 is 0 Å². The molecule has 0 spiro atoms. The van der Waals surface area contributed by atoms with Crippen LogP contribution >= 0.6 is 23.8 Å². The minimum absolute atomic E-state index is 0.104. The Hall–Kier alpha value is -2.20. The summed E-state index contributed by atoms with van der Waals surface area (Å²) in [7, 11) is -0.659. The maximum absolute atomic E-state index is 12.1.